The van der Waals surface area contributed by atoms with E-state index >= 15 is 0 Å². The molecule has 2 bridgehead atoms. The Morgan fingerprint density at radius 2 is 2.05 bits per heavy atom. The molecule has 4 nitrogen and oxygen atoms in total. The van der Waals surface area contributed by atoms with Crippen molar-refractivity contribution in [1.82, 2.24) is 5.32 Å². The van der Waals surface area contributed by atoms with E-state index in [0.29, 0.717) is 12.8 Å². The number of primary amides is 1. The quantitative estimate of drug-likeness (QED) is 0.816. The Balaban J connectivity index is 1.68. The van der Waals surface area contributed by atoms with Crippen molar-refractivity contribution in [2.45, 2.75) is 62.4 Å². The Morgan fingerprint density at radius 3 is 2.62 bits per heavy atom. The average Bonchev–Trinajstić information content (AvgIpc) is 2.74. The molecule has 3 unspecified atom stereocenters. The van der Waals surface area contributed by atoms with Gasteiger partial charge in [-0.05, 0) is 38.5 Å². The molecule has 120 valence electrons. The van der Waals surface area contributed by atoms with Crippen LogP contribution in [0.2, 0.25) is 0 Å². The Morgan fingerprint density at radius 1 is 1.29 bits per heavy atom. The maximum Gasteiger partial charge on any atom is 0.414 e. The smallest absolute Gasteiger partial charge is 0.369 e. The van der Waals surface area contributed by atoms with Crippen molar-refractivity contribution in [3.05, 3.63) is 0 Å². The van der Waals surface area contributed by atoms with E-state index in [-0.39, 0.29) is 42.4 Å². The number of fused-ring (bicyclic) bond motifs is 2. The number of nitrogens with two attached hydrogens (primary N) is 1. The lowest BCUT2D eigenvalue weighted by molar-refractivity contribution is -0.239. The van der Waals surface area contributed by atoms with Crippen molar-refractivity contribution in [2.75, 3.05) is 6.61 Å². The molecule has 1 amide bonds. The van der Waals surface area contributed by atoms with Gasteiger partial charge in [-0.25, -0.2) is 0 Å². The zero-order valence-electron chi connectivity index (χ0n) is 11.8. The molecule has 3 aliphatic heterocycles. The number of hydrogen-bond donors (Lipinski definition) is 2. The molecule has 7 heteroatoms. The highest BCUT2D eigenvalue weighted by molar-refractivity contribution is 5.77. The number of piperidine rings is 1. The summed E-state index contributed by atoms with van der Waals surface area (Å²) in [6.45, 7) is 0.107. The van der Waals surface area contributed by atoms with Gasteiger partial charge in [-0.3, -0.25) is 4.79 Å². The number of ether oxygens (including phenoxy) is 1. The minimum absolute atomic E-state index is 0.00347. The Bertz CT molecular complexity index is 421. The first kappa shape index (κ1) is 15.1. The molecule has 0 aromatic rings. The predicted molar refractivity (Wildman–Crippen MR) is 69.3 cm³/mol. The highest BCUT2D eigenvalue weighted by atomic mass is 19.4. The molecule has 0 aromatic carbocycles. The molecular weight excluding hydrogens is 285 g/mol. The molecule has 0 aliphatic carbocycles. The largest absolute Gasteiger partial charge is 0.414 e. The van der Waals surface area contributed by atoms with Gasteiger partial charge in [0.25, 0.3) is 0 Å². The second kappa shape index (κ2) is 5.12. The van der Waals surface area contributed by atoms with Crippen LogP contribution in [0.15, 0.2) is 0 Å². The Labute approximate surface area is 121 Å². The zero-order chi connectivity index (χ0) is 15.3. The summed E-state index contributed by atoms with van der Waals surface area (Å²) in [6, 6.07) is 0.261. The second-order valence-electron chi connectivity index (χ2n) is 6.71. The number of nitrogens with one attached hydrogen (secondary N) is 1. The predicted octanol–water partition coefficient (Wildman–Crippen LogP) is 1.73. The Kier molecular flexibility index (Phi) is 3.68. The summed E-state index contributed by atoms with van der Waals surface area (Å²) in [5.41, 5.74) is 5.18. The van der Waals surface area contributed by atoms with Gasteiger partial charge in [-0.15, -0.1) is 0 Å². The van der Waals surface area contributed by atoms with Crippen molar-refractivity contribution in [1.29, 1.82) is 0 Å². The lowest BCUT2D eigenvalue weighted by Crippen LogP contribution is -2.58. The van der Waals surface area contributed by atoms with Gasteiger partial charge in [-0.2, -0.15) is 13.2 Å². The zero-order valence-corrected chi connectivity index (χ0v) is 11.8. The highest BCUT2D eigenvalue weighted by Crippen LogP contribution is 2.46. The van der Waals surface area contributed by atoms with E-state index < -0.39 is 12.3 Å². The van der Waals surface area contributed by atoms with Crippen molar-refractivity contribution >= 4 is 5.91 Å². The molecule has 0 saturated carbocycles. The van der Waals surface area contributed by atoms with E-state index in [1.54, 1.807) is 0 Å². The summed E-state index contributed by atoms with van der Waals surface area (Å²) in [6.07, 6.45) is -2.21. The van der Waals surface area contributed by atoms with Crippen LogP contribution in [0.1, 0.15) is 38.5 Å². The lowest BCUT2D eigenvalue weighted by Gasteiger charge is -2.46. The van der Waals surface area contributed by atoms with E-state index in [0.717, 1.165) is 19.3 Å². The fourth-order valence-corrected chi connectivity index (χ4v) is 4.34. The summed E-state index contributed by atoms with van der Waals surface area (Å²) in [4.78, 5) is 11.5. The van der Waals surface area contributed by atoms with E-state index in [1.165, 1.54) is 0 Å². The fraction of sp³-hybridized carbons (Fsp3) is 0.929. The van der Waals surface area contributed by atoms with Gasteiger partial charge in [0.2, 0.25) is 5.91 Å². The molecule has 3 fully saturated rings. The van der Waals surface area contributed by atoms with Crippen molar-refractivity contribution in [3.8, 4) is 0 Å². The standard InChI is InChI=1S/C14H21F3N2O2/c15-14(16,17)11-2-1-9(7-21-11)13-4-3-10(19-13)5-8(6-13)12(18)20/h8-11,19H,1-7H2,(H2,18,20)/t8?,9-,10?,11-,13?/m0/s1. The summed E-state index contributed by atoms with van der Waals surface area (Å²) >= 11 is 0. The molecule has 3 rings (SSSR count). The SMILES string of the molecule is NC(=O)C1CC2CCC([C@H]3CC[C@@H](C(F)(F)F)OC3)(C1)N2. The van der Waals surface area contributed by atoms with Crippen LogP contribution in [0.25, 0.3) is 0 Å². The van der Waals surface area contributed by atoms with E-state index in [2.05, 4.69) is 5.32 Å². The maximum atomic E-state index is 12.7. The first-order valence-corrected chi connectivity index (χ1v) is 7.55. The van der Waals surface area contributed by atoms with Crippen molar-refractivity contribution in [2.24, 2.45) is 17.6 Å². The first-order valence-electron chi connectivity index (χ1n) is 7.55. The Hall–Kier alpha value is -0.820. The minimum Gasteiger partial charge on any atom is -0.369 e. The van der Waals surface area contributed by atoms with Gasteiger partial charge < -0.3 is 15.8 Å². The van der Waals surface area contributed by atoms with E-state index in [4.69, 9.17) is 10.5 Å². The third kappa shape index (κ3) is 2.77. The summed E-state index contributed by atoms with van der Waals surface area (Å²) in [5.74, 6) is -0.431. The van der Waals surface area contributed by atoms with Gasteiger partial charge in [0.15, 0.2) is 6.10 Å². The molecule has 0 aromatic heterocycles. The normalized spacial score (nSPS) is 43.8. The van der Waals surface area contributed by atoms with Gasteiger partial charge >= 0.3 is 6.18 Å². The van der Waals surface area contributed by atoms with Gasteiger partial charge in [0.1, 0.15) is 0 Å². The average molecular weight is 306 g/mol. The van der Waals surface area contributed by atoms with Crippen molar-refractivity contribution < 1.29 is 22.7 Å². The summed E-state index contributed by atoms with van der Waals surface area (Å²) < 4.78 is 43.1. The van der Waals surface area contributed by atoms with Gasteiger partial charge in [-0.1, -0.05) is 0 Å². The van der Waals surface area contributed by atoms with E-state index in [9.17, 15) is 18.0 Å². The van der Waals surface area contributed by atoms with Crippen LogP contribution in [-0.4, -0.2) is 36.4 Å². The summed E-state index contributed by atoms with van der Waals surface area (Å²) in [7, 11) is 0. The monoisotopic (exact) mass is 306 g/mol. The van der Waals surface area contributed by atoms with Crippen molar-refractivity contribution in [3.63, 3.8) is 0 Å². The molecule has 0 radical (unpaired) electrons. The number of carbonyl (C=O) groups is 1. The molecule has 0 spiro atoms. The maximum absolute atomic E-state index is 12.7. The van der Waals surface area contributed by atoms with Crippen LogP contribution in [0.4, 0.5) is 13.2 Å². The third-order valence-electron chi connectivity index (χ3n) is 5.44. The number of hydrogen-bond acceptors (Lipinski definition) is 3. The molecule has 5 atom stereocenters. The number of alkyl halides is 3. The number of halogens is 3. The van der Waals surface area contributed by atoms with Crippen LogP contribution in [0.5, 0.6) is 0 Å². The van der Waals surface area contributed by atoms with E-state index in [1.807, 2.05) is 0 Å². The molecule has 3 heterocycles. The van der Waals surface area contributed by atoms with Crippen LogP contribution in [0, 0.1) is 11.8 Å². The minimum atomic E-state index is -4.28. The molecule has 3 saturated heterocycles. The first-order chi connectivity index (χ1) is 9.80. The molecule has 3 aliphatic rings. The second-order valence-corrected chi connectivity index (χ2v) is 6.71. The molecule has 21 heavy (non-hydrogen) atoms. The molecule has 3 N–H and O–H groups in total. The van der Waals surface area contributed by atoms with Crippen LogP contribution < -0.4 is 11.1 Å². The van der Waals surface area contributed by atoms with Crippen LogP contribution in [0.3, 0.4) is 0 Å². The lowest BCUT2D eigenvalue weighted by atomic mass is 9.72. The summed E-state index contributed by atoms with van der Waals surface area (Å²) in [5, 5.41) is 3.54. The van der Waals surface area contributed by atoms with Crippen LogP contribution >= 0.6 is 0 Å². The highest BCUT2D eigenvalue weighted by Gasteiger charge is 2.53. The number of carbonyl (C=O) groups excluding carboxylic acids is 1. The number of rotatable bonds is 2. The van der Waals surface area contributed by atoms with Gasteiger partial charge in [0.05, 0.1) is 6.61 Å². The van der Waals surface area contributed by atoms with Gasteiger partial charge in [0, 0.05) is 23.4 Å². The third-order valence-corrected chi connectivity index (χ3v) is 5.44. The van der Waals surface area contributed by atoms with Crippen LogP contribution in [-0.2, 0) is 9.53 Å². The molecular formula is C14H21F3N2O2. The topological polar surface area (TPSA) is 64.4 Å². The number of amides is 1. The fourth-order valence-electron chi connectivity index (χ4n) is 4.34.